The topological polar surface area (TPSA) is 26.7 Å². The van der Waals surface area contributed by atoms with Crippen molar-refractivity contribution in [1.29, 1.82) is 0 Å². The molecular weight excluding hydrogens is 269 g/mol. The number of hydrogen-bond acceptors (Lipinski definition) is 3. The molecule has 1 aliphatic rings. The van der Waals surface area contributed by atoms with Crippen molar-refractivity contribution in [1.82, 2.24) is 4.90 Å². The van der Waals surface area contributed by atoms with Crippen LogP contribution in [0.5, 0.6) is 0 Å². The smallest absolute Gasteiger partial charge is 0.392 e. The Morgan fingerprint density at radius 2 is 1.80 bits per heavy atom. The van der Waals surface area contributed by atoms with Crippen LogP contribution in [-0.4, -0.2) is 48.9 Å². The van der Waals surface area contributed by atoms with E-state index in [1.807, 2.05) is 30.0 Å². The summed E-state index contributed by atoms with van der Waals surface area (Å²) in [4.78, 5) is 3.46. The Bertz CT molecular complexity index is 454. The lowest BCUT2D eigenvalue weighted by atomic mass is 10.1. The number of anilines is 1. The number of alkyl halides is 3. The second kappa shape index (κ2) is 6.01. The summed E-state index contributed by atoms with van der Waals surface area (Å²) in [5.41, 5.74) is 2.81. The molecule has 0 bridgehead atoms. The molecule has 1 saturated heterocycles. The van der Waals surface area contributed by atoms with Gasteiger partial charge in [0.25, 0.3) is 0 Å². The number of benzene rings is 1. The second-order valence-corrected chi connectivity index (χ2v) is 5.17. The fraction of sp³-hybridized carbons (Fsp3) is 0.571. The fourth-order valence-corrected chi connectivity index (χ4v) is 2.55. The van der Waals surface area contributed by atoms with E-state index in [2.05, 4.69) is 0 Å². The van der Waals surface area contributed by atoms with Gasteiger partial charge >= 0.3 is 6.18 Å². The van der Waals surface area contributed by atoms with Crippen molar-refractivity contribution in [2.75, 3.05) is 37.6 Å². The molecule has 0 atom stereocenters. The zero-order valence-corrected chi connectivity index (χ0v) is 11.5. The molecule has 3 nitrogen and oxygen atoms in total. The molecule has 1 fully saturated rings. The number of halogens is 3. The van der Waals surface area contributed by atoms with Gasteiger partial charge in [-0.3, -0.25) is 4.90 Å². The summed E-state index contributed by atoms with van der Waals surface area (Å²) in [6.45, 7) is 2.92. The molecule has 1 aromatic rings. The highest BCUT2D eigenvalue weighted by molar-refractivity contribution is 5.55. The second-order valence-electron chi connectivity index (χ2n) is 5.17. The molecule has 0 aliphatic carbocycles. The van der Waals surface area contributed by atoms with Crippen LogP contribution in [0.3, 0.4) is 0 Å². The van der Waals surface area contributed by atoms with Gasteiger partial charge in [-0.2, -0.15) is 13.2 Å². The van der Waals surface area contributed by atoms with Crippen LogP contribution in [0.15, 0.2) is 18.2 Å². The van der Waals surface area contributed by atoms with E-state index in [4.69, 9.17) is 0 Å². The van der Waals surface area contributed by atoms with Crippen LogP contribution >= 0.6 is 0 Å². The van der Waals surface area contributed by atoms with Crippen LogP contribution < -0.4 is 4.90 Å². The average molecular weight is 288 g/mol. The Morgan fingerprint density at radius 1 is 1.15 bits per heavy atom. The zero-order valence-electron chi connectivity index (χ0n) is 11.5. The van der Waals surface area contributed by atoms with Gasteiger partial charge in [-0.1, -0.05) is 17.7 Å². The normalized spacial score (nSPS) is 17.6. The maximum atomic E-state index is 12.3. The molecule has 1 aromatic carbocycles. The molecule has 0 amide bonds. The van der Waals surface area contributed by atoms with E-state index in [1.165, 1.54) is 4.90 Å². The molecule has 6 heteroatoms. The Labute approximate surface area is 116 Å². The van der Waals surface area contributed by atoms with E-state index in [0.717, 1.165) is 16.8 Å². The quantitative estimate of drug-likeness (QED) is 0.923. The van der Waals surface area contributed by atoms with Crippen molar-refractivity contribution < 1.29 is 18.3 Å². The van der Waals surface area contributed by atoms with Crippen LogP contribution in [0, 0.1) is 6.92 Å². The Kier molecular flexibility index (Phi) is 4.55. The summed E-state index contributed by atoms with van der Waals surface area (Å²) >= 11 is 0. The van der Waals surface area contributed by atoms with Gasteiger partial charge < -0.3 is 10.0 Å². The largest absolute Gasteiger partial charge is 0.401 e. The van der Waals surface area contributed by atoms with E-state index in [0.29, 0.717) is 26.2 Å². The third-order valence-electron chi connectivity index (χ3n) is 3.52. The Morgan fingerprint density at radius 3 is 2.35 bits per heavy atom. The van der Waals surface area contributed by atoms with Gasteiger partial charge in [-0.25, -0.2) is 0 Å². The summed E-state index contributed by atoms with van der Waals surface area (Å²) in [5.74, 6) is 0. The zero-order chi connectivity index (χ0) is 14.8. The third kappa shape index (κ3) is 3.86. The van der Waals surface area contributed by atoms with Gasteiger partial charge in [-0.05, 0) is 13.0 Å². The van der Waals surface area contributed by atoms with Crippen LogP contribution in [0.1, 0.15) is 11.1 Å². The first-order valence-corrected chi connectivity index (χ1v) is 6.63. The van der Waals surface area contributed by atoms with Crippen molar-refractivity contribution in [2.45, 2.75) is 19.7 Å². The van der Waals surface area contributed by atoms with E-state index in [9.17, 15) is 18.3 Å². The first-order valence-electron chi connectivity index (χ1n) is 6.63. The highest BCUT2D eigenvalue weighted by Gasteiger charge is 2.32. The van der Waals surface area contributed by atoms with Gasteiger partial charge in [0.1, 0.15) is 0 Å². The first kappa shape index (κ1) is 15.1. The lowest BCUT2D eigenvalue weighted by molar-refractivity contribution is -0.146. The molecular formula is C14H19F3N2O. The molecule has 20 heavy (non-hydrogen) atoms. The summed E-state index contributed by atoms with van der Waals surface area (Å²) in [6, 6.07) is 5.80. The van der Waals surface area contributed by atoms with Gasteiger partial charge in [0.15, 0.2) is 0 Å². The number of piperazine rings is 1. The summed E-state index contributed by atoms with van der Waals surface area (Å²) in [6.07, 6.45) is -4.14. The maximum Gasteiger partial charge on any atom is 0.401 e. The molecule has 2 rings (SSSR count). The van der Waals surface area contributed by atoms with Gasteiger partial charge in [0, 0.05) is 37.4 Å². The van der Waals surface area contributed by atoms with Crippen molar-refractivity contribution in [3.05, 3.63) is 29.3 Å². The van der Waals surface area contributed by atoms with Crippen LogP contribution in [0.2, 0.25) is 0 Å². The fourth-order valence-electron chi connectivity index (χ4n) is 2.55. The Hall–Kier alpha value is -1.27. The highest BCUT2D eigenvalue weighted by atomic mass is 19.4. The molecule has 112 valence electrons. The summed E-state index contributed by atoms with van der Waals surface area (Å²) in [5, 5.41) is 9.39. The van der Waals surface area contributed by atoms with Crippen molar-refractivity contribution in [3.63, 3.8) is 0 Å². The Balaban J connectivity index is 2.00. The molecule has 1 N–H and O–H groups in total. The minimum Gasteiger partial charge on any atom is -0.392 e. The van der Waals surface area contributed by atoms with Gasteiger partial charge in [0.05, 0.1) is 13.2 Å². The minimum absolute atomic E-state index is 0.0558. The SMILES string of the molecule is Cc1ccc(N2CCN(CC(F)(F)F)CC2)c(CO)c1. The van der Waals surface area contributed by atoms with Crippen molar-refractivity contribution in [2.24, 2.45) is 0 Å². The molecule has 0 spiro atoms. The molecule has 1 aliphatic heterocycles. The number of rotatable bonds is 3. The van der Waals surface area contributed by atoms with Crippen molar-refractivity contribution in [3.8, 4) is 0 Å². The number of aliphatic hydroxyl groups excluding tert-OH is 1. The van der Waals surface area contributed by atoms with E-state index >= 15 is 0 Å². The standard InChI is InChI=1S/C14H19F3N2O/c1-11-2-3-13(12(8-11)9-20)19-6-4-18(5-7-19)10-14(15,16)17/h2-3,8,20H,4-7,9-10H2,1H3. The first-order chi connectivity index (χ1) is 9.39. The van der Waals surface area contributed by atoms with Crippen LogP contribution in [0.4, 0.5) is 18.9 Å². The minimum atomic E-state index is -4.14. The predicted molar refractivity (Wildman–Crippen MR) is 71.8 cm³/mol. The van der Waals surface area contributed by atoms with E-state index in [-0.39, 0.29) is 6.61 Å². The molecule has 0 radical (unpaired) electrons. The molecule has 0 aromatic heterocycles. The summed E-state index contributed by atoms with van der Waals surface area (Å²) in [7, 11) is 0. The lowest BCUT2D eigenvalue weighted by Gasteiger charge is -2.37. The van der Waals surface area contributed by atoms with Gasteiger partial charge in [-0.15, -0.1) is 0 Å². The third-order valence-corrected chi connectivity index (χ3v) is 3.52. The molecule has 1 heterocycles. The monoisotopic (exact) mass is 288 g/mol. The number of hydrogen-bond donors (Lipinski definition) is 1. The maximum absolute atomic E-state index is 12.3. The summed E-state index contributed by atoms with van der Waals surface area (Å²) < 4.78 is 37.0. The molecule has 0 unspecified atom stereocenters. The highest BCUT2D eigenvalue weighted by Crippen LogP contribution is 2.24. The van der Waals surface area contributed by atoms with Crippen molar-refractivity contribution >= 4 is 5.69 Å². The van der Waals surface area contributed by atoms with E-state index < -0.39 is 12.7 Å². The average Bonchev–Trinajstić information content (AvgIpc) is 2.38. The number of nitrogens with zero attached hydrogens (tertiary/aromatic N) is 2. The lowest BCUT2D eigenvalue weighted by Crippen LogP contribution is -2.49. The van der Waals surface area contributed by atoms with Crippen LogP contribution in [-0.2, 0) is 6.61 Å². The van der Waals surface area contributed by atoms with Gasteiger partial charge in [0.2, 0.25) is 0 Å². The number of aryl methyl sites for hydroxylation is 1. The number of aliphatic hydroxyl groups is 1. The predicted octanol–water partition coefficient (Wildman–Crippen LogP) is 2.17. The van der Waals surface area contributed by atoms with E-state index in [1.54, 1.807) is 0 Å². The van der Waals surface area contributed by atoms with Crippen LogP contribution in [0.25, 0.3) is 0 Å². The molecule has 0 saturated carbocycles.